The lowest BCUT2D eigenvalue weighted by atomic mass is 10.1. The molecule has 1 saturated heterocycles. The number of nitrogens with zero attached hydrogens (tertiary/aromatic N) is 3. The molecule has 2 heterocycles. The van der Waals surface area contributed by atoms with Crippen LogP contribution in [0.25, 0.3) is 17.2 Å². The molecule has 2 aromatic rings. The maximum atomic E-state index is 6.12. The smallest absolute Gasteiger partial charge is 0.265 e. The highest BCUT2D eigenvalue weighted by Gasteiger charge is 2.47. The van der Waals surface area contributed by atoms with Crippen molar-refractivity contribution in [2.75, 3.05) is 19.8 Å². The van der Waals surface area contributed by atoms with Crippen LogP contribution >= 0.6 is 0 Å². The molecule has 0 bridgehead atoms. The van der Waals surface area contributed by atoms with Crippen molar-refractivity contribution in [1.29, 1.82) is 0 Å². The average Bonchev–Trinajstić information content (AvgIpc) is 3.67. The minimum atomic E-state index is -0.373. The standard InChI is InChI=1S/C23H27N5O3/c1-15-10-17(5-4-16-2-3-16)6-7-18(15)21-26-27-22(31-21)19(24)11-28(25)12-20-29-13-23(8-9-23)14-30-20/h6-7,10-11,16,20H,2-3,8-9,12-14,24-25H2,1H3/b19-11-. The second-order valence-corrected chi connectivity index (χ2v) is 8.82. The first-order valence-corrected chi connectivity index (χ1v) is 10.7. The number of hydrazine groups is 1. The van der Waals surface area contributed by atoms with Crippen LogP contribution in [0.1, 0.15) is 42.7 Å². The molecule has 4 N–H and O–H groups in total. The van der Waals surface area contributed by atoms with Gasteiger partial charge in [0, 0.05) is 28.7 Å². The molecule has 1 spiro atoms. The molecule has 3 fully saturated rings. The van der Waals surface area contributed by atoms with E-state index in [1.807, 2.05) is 25.1 Å². The van der Waals surface area contributed by atoms with Gasteiger partial charge in [0.05, 0.1) is 19.8 Å². The van der Waals surface area contributed by atoms with E-state index in [2.05, 4.69) is 22.0 Å². The average molecular weight is 422 g/mol. The summed E-state index contributed by atoms with van der Waals surface area (Å²) in [5, 5.41) is 9.64. The molecular weight excluding hydrogens is 394 g/mol. The molecule has 8 nitrogen and oxygen atoms in total. The van der Waals surface area contributed by atoms with Crippen LogP contribution in [-0.4, -0.2) is 41.3 Å². The predicted octanol–water partition coefficient (Wildman–Crippen LogP) is 2.39. The van der Waals surface area contributed by atoms with Crippen LogP contribution in [0.2, 0.25) is 0 Å². The van der Waals surface area contributed by atoms with Crippen molar-refractivity contribution < 1.29 is 13.9 Å². The third-order valence-electron chi connectivity index (χ3n) is 5.90. The summed E-state index contributed by atoms with van der Waals surface area (Å²) in [6.45, 7) is 3.81. The molecule has 2 aliphatic carbocycles. The number of benzene rings is 1. The summed E-state index contributed by atoms with van der Waals surface area (Å²) in [4.78, 5) is 0. The quantitative estimate of drug-likeness (QED) is 0.430. The number of nitrogens with two attached hydrogens (primary N) is 2. The summed E-state index contributed by atoms with van der Waals surface area (Å²) in [5.41, 5.74) is 9.52. The van der Waals surface area contributed by atoms with Crippen molar-refractivity contribution in [1.82, 2.24) is 15.2 Å². The first-order valence-electron chi connectivity index (χ1n) is 10.7. The molecule has 1 aromatic carbocycles. The number of hydrogen-bond acceptors (Lipinski definition) is 8. The number of aromatic nitrogens is 2. The topological polar surface area (TPSA) is 113 Å². The zero-order valence-electron chi connectivity index (χ0n) is 17.6. The van der Waals surface area contributed by atoms with Crippen molar-refractivity contribution in [2.24, 2.45) is 22.9 Å². The van der Waals surface area contributed by atoms with E-state index in [9.17, 15) is 0 Å². The molecule has 0 unspecified atom stereocenters. The Balaban J connectivity index is 1.22. The zero-order valence-corrected chi connectivity index (χ0v) is 17.6. The number of rotatable bonds is 5. The molecule has 1 aromatic heterocycles. The highest BCUT2D eigenvalue weighted by molar-refractivity contribution is 5.62. The summed E-state index contributed by atoms with van der Waals surface area (Å²) in [6, 6.07) is 5.95. The van der Waals surface area contributed by atoms with E-state index in [-0.39, 0.29) is 23.3 Å². The van der Waals surface area contributed by atoms with E-state index in [1.165, 1.54) is 30.7 Å². The molecule has 2 saturated carbocycles. The van der Waals surface area contributed by atoms with Gasteiger partial charge in [-0.05, 0) is 56.4 Å². The summed E-state index contributed by atoms with van der Waals surface area (Å²) < 4.78 is 17.3. The summed E-state index contributed by atoms with van der Waals surface area (Å²) in [6.07, 6.45) is 5.96. The normalized spacial score (nSPS) is 20.4. The van der Waals surface area contributed by atoms with Crippen molar-refractivity contribution in [3.05, 3.63) is 41.4 Å². The van der Waals surface area contributed by atoms with Crippen LogP contribution in [0, 0.1) is 30.1 Å². The predicted molar refractivity (Wildman–Crippen MR) is 114 cm³/mol. The van der Waals surface area contributed by atoms with E-state index in [1.54, 1.807) is 6.20 Å². The van der Waals surface area contributed by atoms with Crippen molar-refractivity contribution in [3.63, 3.8) is 0 Å². The molecule has 1 aliphatic heterocycles. The van der Waals surface area contributed by atoms with Gasteiger partial charge in [0.2, 0.25) is 5.89 Å². The van der Waals surface area contributed by atoms with Gasteiger partial charge in [-0.25, -0.2) is 5.84 Å². The Morgan fingerprint density at radius 3 is 2.71 bits per heavy atom. The van der Waals surface area contributed by atoms with Crippen molar-refractivity contribution in [3.8, 4) is 23.3 Å². The minimum Gasteiger partial charge on any atom is -0.415 e. The SMILES string of the molecule is Cc1cc(C#CC2CC2)ccc1-c1nnc(/C(N)=C/N(N)CC2OCC3(CC3)CO2)o1. The lowest BCUT2D eigenvalue weighted by molar-refractivity contribution is -0.211. The van der Waals surface area contributed by atoms with Crippen LogP contribution in [0.5, 0.6) is 0 Å². The number of aryl methyl sites for hydroxylation is 1. The Bertz CT molecular complexity index is 1050. The fourth-order valence-electron chi connectivity index (χ4n) is 3.50. The molecular formula is C23H27N5O3. The molecule has 3 aliphatic rings. The van der Waals surface area contributed by atoms with Crippen LogP contribution in [0.15, 0.2) is 28.8 Å². The maximum Gasteiger partial charge on any atom is 0.265 e. The fraction of sp³-hybridized carbons (Fsp3) is 0.478. The van der Waals surface area contributed by atoms with Gasteiger partial charge in [0.1, 0.15) is 5.70 Å². The largest absolute Gasteiger partial charge is 0.415 e. The zero-order chi connectivity index (χ0) is 21.4. The van der Waals surface area contributed by atoms with Gasteiger partial charge in [0.15, 0.2) is 6.29 Å². The first kappa shape index (κ1) is 20.1. The maximum absolute atomic E-state index is 6.12. The lowest BCUT2D eigenvalue weighted by Crippen LogP contribution is -2.42. The van der Waals surface area contributed by atoms with Gasteiger partial charge in [0.25, 0.3) is 5.89 Å². The second kappa shape index (κ2) is 8.00. The van der Waals surface area contributed by atoms with Gasteiger partial charge >= 0.3 is 0 Å². The Labute approximate surface area is 181 Å². The first-order chi connectivity index (χ1) is 15.0. The van der Waals surface area contributed by atoms with Crippen LogP contribution in [-0.2, 0) is 9.47 Å². The molecule has 0 atom stereocenters. The number of ether oxygens (including phenoxy) is 2. The van der Waals surface area contributed by atoms with Gasteiger partial charge in [-0.3, -0.25) is 0 Å². The molecule has 5 rings (SSSR count). The highest BCUT2D eigenvalue weighted by Crippen LogP contribution is 2.48. The van der Waals surface area contributed by atoms with Gasteiger partial charge < -0.3 is 24.6 Å². The Morgan fingerprint density at radius 1 is 1.26 bits per heavy atom. The van der Waals surface area contributed by atoms with Crippen LogP contribution in [0.3, 0.4) is 0 Å². The second-order valence-electron chi connectivity index (χ2n) is 8.82. The van der Waals surface area contributed by atoms with E-state index < -0.39 is 0 Å². The Morgan fingerprint density at radius 2 is 2.03 bits per heavy atom. The van der Waals surface area contributed by atoms with Gasteiger partial charge in [-0.2, -0.15) is 0 Å². The Hall–Kier alpha value is -2.86. The van der Waals surface area contributed by atoms with Gasteiger partial charge in [-0.15, -0.1) is 10.2 Å². The fourth-order valence-corrected chi connectivity index (χ4v) is 3.50. The summed E-state index contributed by atoms with van der Waals surface area (Å²) in [7, 11) is 0. The third kappa shape index (κ3) is 4.74. The number of hydrogen-bond donors (Lipinski definition) is 2. The Kier molecular flexibility index (Phi) is 5.18. The minimum absolute atomic E-state index is 0.213. The van der Waals surface area contributed by atoms with Crippen LogP contribution in [0.4, 0.5) is 0 Å². The molecule has 162 valence electrons. The highest BCUT2D eigenvalue weighted by atomic mass is 16.7. The molecule has 8 heteroatoms. The van der Waals surface area contributed by atoms with E-state index in [4.69, 9.17) is 25.5 Å². The molecule has 0 radical (unpaired) electrons. The van der Waals surface area contributed by atoms with E-state index in [0.717, 1.165) is 29.9 Å². The van der Waals surface area contributed by atoms with E-state index >= 15 is 0 Å². The summed E-state index contributed by atoms with van der Waals surface area (Å²) >= 11 is 0. The monoisotopic (exact) mass is 421 g/mol. The molecule has 0 amide bonds. The third-order valence-corrected chi connectivity index (χ3v) is 5.90. The lowest BCUT2D eigenvalue weighted by Gasteiger charge is -2.31. The molecule has 31 heavy (non-hydrogen) atoms. The van der Waals surface area contributed by atoms with E-state index in [0.29, 0.717) is 18.4 Å². The summed E-state index contributed by atoms with van der Waals surface area (Å²) in [5.74, 6) is 13.7. The van der Waals surface area contributed by atoms with Gasteiger partial charge in [-0.1, -0.05) is 11.8 Å². The van der Waals surface area contributed by atoms with Crippen molar-refractivity contribution in [2.45, 2.75) is 38.9 Å². The van der Waals surface area contributed by atoms with Crippen molar-refractivity contribution >= 4 is 5.70 Å². The van der Waals surface area contributed by atoms with Crippen LogP contribution < -0.4 is 11.6 Å².